The number of piperidine rings is 1. The number of methoxy groups -OCH3 is 1. The Morgan fingerprint density at radius 3 is 2.41 bits per heavy atom. The van der Waals surface area contributed by atoms with Crippen molar-refractivity contribution in [2.75, 3.05) is 26.7 Å². The van der Waals surface area contributed by atoms with Gasteiger partial charge in [0.15, 0.2) is 0 Å². The smallest absolute Gasteiger partial charge is 0.127 e. The van der Waals surface area contributed by atoms with Crippen molar-refractivity contribution in [3.05, 3.63) is 0 Å². The highest BCUT2D eigenvalue weighted by Gasteiger charge is 2.34. The Balaban J connectivity index is 1.84. The molecule has 1 aliphatic heterocycles. The van der Waals surface area contributed by atoms with Gasteiger partial charge in [-0.15, -0.1) is 0 Å². The first-order valence-electron chi connectivity index (χ1n) is 6.99. The summed E-state index contributed by atoms with van der Waals surface area (Å²) in [4.78, 5) is 13.9. The van der Waals surface area contributed by atoms with E-state index in [1.807, 2.05) is 0 Å². The Kier molecular flexibility index (Phi) is 4.57. The van der Waals surface area contributed by atoms with E-state index in [1.165, 1.54) is 25.5 Å². The molecule has 2 aliphatic rings. The lowest BCUT2D eigenvalue weighted by Gasteiger charge is -2.39. The van der Waals surface area contributed by atoms with Crippen LogP contribution in [0.25, 0.3) is 0 Å². The maximum absolute atomic E-state index is 11.4. The third-order valence-corrected chi connectivity index (χ3v) is 4.51. The van der Waals surface area contributed by atoms with Crippen LogP contribution in [-0.2, 0) is 9.53 Å². The number of nitrogens with zero attached hydrogens (tertiary/aromatic N) is 1. The molecule has 0 amide bonds. The monoisotopic (exact) mass is 239 g/mol. The minimum Gasteiger partial charge on any atom is -0.381 e. The zero-order valence-corrected chi connectivity index (χ0v) is 11.0. The van der Waals surface area contributed by atoms with Crippen molar-refractivity contribution >= 4 is 6.29 Å². The maximum atomic E-state index is 11.4. The van der Waals surface area contributed by atoms with Gasteiger partial charge in [-0.1, -0.05) is 19.3 Å². The molecule has 98 valence electrons. The van der Waals surface area contributed by atoms with Crippen LogP contribution in [0.2, 0.25) is 0 Å². The van der Waals surface area contributed by atoms with Gasteiger partial charge < -0.3 is 14.4 Å². The fourth-order valence-corrected chi connectivity index (χ4v) is 3.32. The molecule has 0 radical (unpaired) electrons. The first kappa shape index (κ1) is 13.0. The normalized spacial score (nSPS) is 26.9. The molecule has 0 aromatic heterocycles. The zero-order chi connectivity index (χ0) is 12.1. The van der Waals surface area contributed by atoms with Crippen molar-refractivity contribution in [1.82, 2.24) is 4.90 Å². The van der Waals surface area contributed by atoms with Gasteiger partial charge in [-0.3, -0.25) is 0 Å². The van der Waals surface area contributed by atoms with Crippen molar-refractivity contribution in [2.24, 2.45) is 5.41 Å². The second-order valence-corrected chi connectivity index (χ2v) is 5.75. The fourth-order valence-electron chi connectivity index (χ4n) is 3.32. The Hall–Kier alpha value is -0.410. The van der Waals surface area contributed by atoms with Crippen LogP contribution in [0.3, 0.4) is 0 Å². The molecule has 1 saturated carbocycles. The van der Waals surface area contributed by atoms with Crippen LogP contribution >= 0.6 is 0 Å². The van der Waals surface area contributed by atoms with E-state index < -0.39 is 0 Å². The molecule has 2 rings (SSSR count). The Bertz CT molecular complexity index is 241. The molecule has 0 bridgehead atoms. The molecule has 0 N–H and O–H groups in total. The molecule has 0 spiro atoms. The van der Waals surface area contributed by atoms with Crippen molar-refractivity contribution in [3.8, 4) is 0 Å². The van der Waals surface area contributed by atoms with E-state index in [0.717, 1.165) is 45.3 Å². The van der Waals surface area contributed by atoms with Gasteiger partial charge in [0, 0.05) is 32.2 Å². The van der Waals surface area contributed by atoms with Crippen LogP contribution in [-0.4, -0.2) is 44.0 Å². The van der Waals surface area contributed by atoms with Crippen LogP contribution in [0.5, 0.6) is 0 Å². The number of likely N-dealkylation sites (tertiary alicyclic amines) is 1. The predicted molar refractivity (Wildman–Crippen MR) is 68.1 cm³/mol. The van der Waals surface area contributed by atoms with Crippen LogP contribution < -0.4 is 0 Å². The molecule has 2 fully saturated rings. The number of ether oxygens (including phenoxy) is 1. The van der Waals surface area contributed by atoms with Gasteiger partial charge >= 0.3 is 0 Å². The Morgan fingerprint density at radius 1 is 1.24 bits per heavy atom. The molecule has 3 heteroatoms. The zero-order valence-electron chi connectivity index (χ0n) is 11.0. The number of carbonyl (C=O) groups excluding carboxylic acids is 1. The molecule has 1 saturated heterocycles. The van der Waals surface area contributed by atoms with Gasteiger partial charge in [0.05, 0.1) is 6.10 Å². The summed E-state index contributed by atoms with van der Waals surface area (Å²) in [5, 5.41) is 0. The fraction of sp³-hybridized carbons (Fsp3) is 0.929. The molecule has 1 heterocycles. The SMILES string of the molecule is COC1CCN(CC2(C=O)CCCCC2)CC1. The molecule has 0 atom stereocenters. The van der Waals surface area contributed by atoms with E-state index in [4.69, 9.17) is 4.74 Å². The predicted octanol–water partition coefficient (Wildman–Crippen LogP) is 2.25. The van der Waals surface area contributed by atoms with Gasteiger partial charge in [0.1, 0.15) is 6.29 Å². The average molecular weight is 239 g/mol. The van der Waals surface area contributed by atoms with Crippen molar-refractivity contribution < 1.29 is 9.53 Å². The van der Waals surface area contributed by atoms with Crippen LogP contribution in [0.15, 0.2) is 0 Å². The lowest BCUT2D eigenvalue weighted by molar-refractivity contribution is -0.119. The summed E-state index contributed by atoms with van der Waals surface area (Å²) in [5.74, 6) is 0. The number of hydrogen-bond donors (Lipinski definition) is 0. The summed E-state index contributed by atoms with van der Waals surface area (Å²) in [6.45, 7) is 3.16. The topological polar surface area (TPSA) is 29.5 Å². The first-order chi connectivity index (χ1) is 8.28. The van der Waals surface area contributed by atoms with Crippen molar-refractivity contribution in [1.29, 1.82) is 0 Å². The van der Waals surface area contributed by atoms with Gasteiger partial charge in [-0.2, -0.15) is 0 Å². The van der Waals surface area contributed by atoms with E-state index in [0.29, 0.717) is 6.10 Å². The van der Waals surface area contributed by atoms with E-state index in [2.05, 4.69) is 4.90 Å². The van der Waals surface area contributed by atoms with E-state index in [-0.39, 0.29) is 5.41 Å². The number of aldehydes is 1. The molecular weight excluding hydrogens is 214 g/mol. The summed E-state index contributed by atoms with van der Waals surface area (Å²) in [6, 6.07) is 0. The molecular formula is C14H25NO2. The Morgan fingerprint density at radius 2 is 1.88 bits per heavy atom. The van der Waals surface area contributed by atoms with Gasteiger partial charge in [-0.25, -0.2) is 0 Å². The summed E-state index contributed by atoms with van der Waals surface area (Å²) in [6.07, 6.45) is 9.87. The highest BCUT2D eigenvalue weighted by Crippen LogP contribution is 2.35. The van der Waals surface area contributed by atoms with Gasteiger partial charge in [0.25, 0.3) is 0 Å². The molecule has 1 aliphatic carbocycles. The molecule has 0 unspecified atom stereocenters. The summed E-state index contributed by atoms with van der Waals surface area (Å²) < 4.78 is 5.38. The summed E-state index contributed by atoms with van der Waals surface area (Å²) in [5.41, 5.74) is -0.0296. The Labute approximate surface area is 105 Å². The lowest BCUT2D eigenvalue weighted by Crippen LogP contribution is -2.45. The van der Waals surface area contributed by atoms with Crippen molar-refractivity contribution in [3.63, 3.8) is 0 Å². The second kappa shape index (κ2) is 5.96. The standard InChI is InChI=1S/C14H25NO2/c1-17-13-5-9-15(10-6-13)11-14(12-16)7-3-2-4-8-14/h12-13H,2-11H2,1H3. The number of rotatable bonds is 4. The van der Waals surface area contributed by atoms with Crippen LogP contribution in [0.4, 0.5) is 0 Å². The van der Waals surface area contributed by atoms with E-state index >= 15 is 0 Å². The van der Waals surface area contributed by atoms with Crippen molar-refractivity contribution in [2.45, 2.75) is 51.0 Å². The highest BCUT2D eigenvalue weighted by atomic mass is 16.5. The number of hydrogen-bond acceptors (Lipinski definition) is 3. The largest absolute Gasteiger partial charge is 0.381 e. The first-order valence-corrected chi connectivity index (χ1v) is 6.99. The minimum absolute atomic E-state index is 0.0296. The van der Waals surface area contributed by atoms with E-state index in [1.54, 1.807) is 7.11 Å². The van der Waals surface area contributed by atoms with Gasteiger partial charge in [-0.05, 0) is 25.7 Å². The molecule has 0 aromatic rings. The third-order valence-electron chi connectivity index (χ3n) is 4.51. The molecule has 17 heavy (non-hydrogen) atoms. The average Bonchev–Trinajstić information content (AvgIpc) is 2.41. The number of carbonyl (C=O) groups is 1. The third kappa shape index (κ3) is 3.29. The maximum Gasteiger partial charge on any atom is 0.127 e. The minimum atomic E-state index is -0.0296. The highest BCUT2D eigenvalue weighted by molar-refractivity contribution is 5.60. The lowest BCUT2D eigenvalue weighted by atomic mass is 9.74. The van der Waals surface area contributed by atoms with Gasteiger partial charge in [0.2, 0.25) is 0 Å². The quantitative estimate of drug-likeness (QED) is 0.705. The summed E-state index contributed by atoms with van der Waals surface area (Å²) in [7, 11) is 1.80. The van der Waals surface area contributed by atoms with Crippen LogP contribution in [0, 0.1) is 5.41 Å². The second-order valence-electron chi connectivity index (χ2n) is 5.75. The molecule has 0 aromatic carbocycles. The summed E-state index contributed by atoms with van der Waals surface area (Å²) >= 11 is 0. The molecule has 3 nitrogen and oxygen atoms in total. The van der Waals surface area contributed by atoms with E-state index in [9.17, 15) is 4.79 Å². The van der Waals surface area contributed by atoms with Crippen LogP contribution in [0.1, 0.15) is 44.9 Å².